The van der Waals surface area contributed by atoms with Crippen LogP contribution in [0.25, 0.3) is 0 Å². The molecule has 7 heteroatoms. The van der Waals surface area contributed by atoms with Gasteiger partial charge in [0.25, 0.3) is 0 Å². The van der Waals surface area contributed by atoms with Crippen LogP contribution < -0.4 is 0 Å². The first-order chi connectivity index (χ1) is 12.4. The second-order valence-electron chi connectivity index (χ2n) is 6.78. The van der Waals surface area contributed by atoms with Gasteiger partial charge in [-0.1, -0.05) is 19.1 Å². The number of benzene rings is 1. The molecular weight excluding hydrogens is 350 g/mol. The Labute approximate surface area is 154 Å². The van der Waals surface area contributed by atoms with Crippen molar-refractivity contribution in [3.63, 3.8) is 0 Å². The zero-order valence-electron chi connectivity index (χ0n) is 15.3. The summed E-state index contributed by atoms with van der Waals surface area (Å²) in [5.41, 5.74) is 0.424. The highest BCUT2D eigenvalue weighted by molar-refractivity contribution is 7.89. The number of ketones is 1. The fourth-order valence-corrected chi connectivity index (χ4v) is 4.97. The zero-order valence-corrected chi connectivity index (χ0v) is 16.1. The molecule has 0 atom stereocenters. The van der Waals surface area contributed by atoms with Crippen molar-refractivity contribution in [1.29, 1.82) is 0 Å². The topological polar surface area (TPSA) is 72.3 Å². The number of carbonyl (C=O) groups is 1. The summed E-state index contributed by atoms with van der Waals surface area (Å²) in [5.74, 6) is 1.39. The summed E-state index contributed by atoms with van der Waals surface area (Å²) < 4.78 is 29.5. The molecule has 26 heavy (non-hydrogen) atoms. The number of imidazole rings is 1. The van der Waals surface area contributed by atoms with E-state index in [1.165, 1.54) is 17.3 Å². The number of nitrogens with zero attached hydrogens (tertiary/aromatic N) is 3. The Hall–Kier alpha value is -1.99. The van der Waals surface area contributed by atoms with Crippen LogP contribution >= 0.6 is 0 Å². The van der Waals surface area contributed by atoms with E-state index in [1.807, 2.05) is 12.4 Å². The van der Waals surface area contributed by atoms with Gasteiger partial charge in [0, 0.05) is 44.0 Å². The van der Waals surface area contributed by atoms with Gasteiger partial charge in [0.05, 0.1) is 4.90 Å². The van der Waals surface area contributed by atoms with Crippen molar-refractivity contribution in [3.05, 3.63) is 48.0 Å². The number of hydrogen-bond donors (Lipinski definition) is 0. The van der Waals surface area contributed by atoms with Gasteiger partial charge in [0.2, 0.25) is 10.0 Å². The van der Waals surface area contributed by atoms with E-state index in [2.05, 4.69) is 16.5 Å². The highest BCUT2D eigenvalue weighted by atomic mass is 32.2. The SMILES string of the molecule is CCc1nccn1CC1CCN(S(=O)(=O)c2cccc(C(C)=O)c2)CC1. The Morgan fingerprint density at radius 2 is 2.00 bits per heavy atom. The van der Waals surface area contributed by atoms with Crippen LogP contribution in [0.1, 0.15) is 42.9 Å². The lowest BCUT2D eigenvalue weighted by molar-refractivity contribution is 0.101. The predicted molar refractivity (Wildman–Crippen MR) is 99.5 cm³/mol. The molecule has 1 aromatic heterocycles. The first-order valence-corrected chi connectivity index (χ1v) is 10.5. The van der Waals surface area contributed by atoms with E-state index in [0.717, 1.165) is 31.6 Å². The largest absolute Gasteiger partial charge is 0.335 e. The van der Waals surface area contributed by atoms with Crippen molar-refractivity contribution in [2.45, 2.75) is 44.6 Å². The fourth-order valence-electron chi connectivity index (χ4n) is 3.46. The lowest BCUT2D eigenvalue weighted by Crippen LogP contribution is -2.39. The molecule has 3 rings (SSSR count). The molecule has 1 saturated heterocycles. The molecule has 0 radical (unpaired) electrons. The maximum Gasteiger partial charge on any atom is 0.243 e. The van der Waals surface area contributed by atoms with Crippen molar-refractivity contribution in [2.75, 3.05) is 13.1 Å². The molecular formula is C19H25N3O3S. The Bertz CT molecular complexity index is 881. The number of aryl methyl sites for hydroxylation is 1. The van der Waals surface area contributed by atoms with Gasteiger partial charge < -0.3 is 4.57 Å². The maximum atomic E-state index is 12.9. The monoisotopic (exact) mass is 375 g/mol. The molecule has 0 bridgehead atoms. The summed E-state index contributed by atoms with van der Waals surface area (Å²) in [6.45, 7) is 5.43. The quantitative estimate of drug-likeness (QED) is 0.728. The molecule has 2 aromatic rings. The summed E-state index contributed by atoms with van der Waals surface area (Å²) in [5, 5.41) is 0. The summed E-state index contributed by atoms with van der Waals surface area (Å²) in [7, 11) is -3.55. The third-order valence-electron chi connectivity index (χ3n) is 5.02. The molecule has 1 aromatic carbocycles. The fraction of sp³-hybridized carbons (Fsp3) is 0.474. The van der Waals surface area contributed by atoms with Crippen molar-refractivity contribution >= 4 is 15.8 Å². The van der Waals surface area contributed by atoms with Gasteiger partial charge in [-0.25, -0.2) is 13.4 Å². The number of hydrogen-bond acceptors (Lipinski definition) is 4. The minimum absolute atomic E-state index is 0.132. The van der Waals surface area contributed by atoms with Gasteiger partial charge >= 0.3 is 0 Å². The van der Waals surface area contributed by atoms with Gasteiger partial charge in [-0.15, -0.1) is 0 Å². The third-order valence-corrected chi connectivity index (χ3v) is 6.92. The Morgan fingerprint density at radius 3 is 2.65 bits per heavy atom. The Morgan fingerprint density at radius 1 is 1.27 bits per heavy atom. The molecule has 140 valence electrons. The number of sulfonamides is 1. The maximum absolute atomic E-state index is 12.9. The molecule has 6 nitrogen and oxygen atoms in total. The highest BCUT2D eigenvalue weighted by Crippen LogP contribution is 2.25. The molecule has 0 N–H and O–H groups in total. The van der Waals surface area contributed by atoms with E-state index in [1.54, 1.807) is 18.2 Å². The minimum atomic E-state index is -3.55. The Balaban J connectivity index is 1.67. The van der Waals surface area contributed by atoms with Crippen LogP contribution in [0.15, 0.2) is 41.6 Å². The van der Waals surface area contributed by atoms with Crippen LogP contribution in [-0.2, 0) is 23.0 Å². The Kier molecular flexibility index (Phi) is 5.58. The molecule has 2 heterocycles. The van der Waals surface area contributed by atoms with Gasteiger partial charge in [-0.3, -0.25) is 4.79 Å². The highest BCUT2D eigenvalue weighted by Gasteiger charge is 2.30. The van der Waals surface area contributed by atoms with Gasteiger partial charge in [-0.05, 0) is 37.8 Å². The van der Waals surface area contributed by atoms with Crippen molar-refractivity contribution < 1.29 is 13.2 Å². The van der Waals surface area contributed by atoms with Crippen molar-refractivity contribution in [3.8, 4) is 0 Å². The van der Waals surface area contributed by atoms with E-state index < -0.39 is 10.0 Å². The molecule has 0 aliphatic carbocycles. The first kappa shape index (κ1) is 18.8. The predicted octanol–water partition coefficient (Wildman–Crippen LogP) is 2.75. The van der Waals surface area contributed by atoms with E-state index in [-0.39, 0.29) is 10.7 Å². The summed E-state index contributed by atoms with van der Waals surface area (Å²) >= 11 is 0. The smallest absolute Gasteiger partial charge is 0.243 e. The lowest BCUT2D eigenvalue weighted by atomic mass is 9.98. The van der Waals surface area contributed by atoms with Crippen molar-refractivity contribution in [2.24, 2.45) is 5.92 Å². The summed E-state index contributed by atoms with van der Waals surface area (Å²) in [6, 6.07) is 6.31. The molecule has 0 saturated carbocycles. The van der Waals surface area contributed by atoms with E-state index in [0.29, 0.717) is 24.6 Å². The van der Waals surface area contributed by atoms with Crippen LogP contribution in [0.5, 0.6) is 0 Å². The molecule has 1 fully saturated rings. The number of carbonyl (C=O) groups excluding carboxylic acids is 1. The standard InChI is InChI=1S/C19H25N3O3S/c1-3-19-20-9-12-21(19)14-16-7-10-22(11-8-16)26(24,25)18-6-4-5-17(13-18)15(2)23/h4-6,9,12-13,16H,3,7-8,10-11,14H2,1-2H3. The number of Topliss-reactive ketones (excluding diaryl/α,β-unsaturated/α-hetero) is 1. The van der Waals surface area contributed by atoms with E-state index >= 15 is 0 Å². The van der Waals surface area contributed by atoms with Gasteiger partial charge in [-0.2, -0.15) is 4.31 Å². The second kappa shape index (κ2) is 7.72. The van der Waals surface area contributed by atoms with Crippen LogP contribution in [0.4, 0.5) is 0 Å². The number of aromatic nitrogens is 2. The van der Waals surface area contributed by atoms with E-state index in [4.69, 9.17) is 0 Å². The third kappa shape index (κ3) is 3.88. The molecule has 1 aliphatic rings. The summed E-state index contributed by atoms with van der Waals surface area (Å²) in [4.78, 5) is 16.1. The van der Waals surface area contributed by atoms with Crippen LogP contribution in [0, 0.1) is 5.92 Å². The number of piperidine rings is 1. The first-order valence-electron chi connectivity index (χ1n) is 9.03. The molecule has 0 amide bonds. The van der Waals surface area contributed by atoms with Crippen LogP contribution in [0.3, 0.4) is 0 Å². The number of rotatable bonds is 6. The minimum Gasteiger partial charge on any atom is -0.335 e. The molecule has 0 unspecified atom stereocenters. The molecule has 1 aliphatic heterocycles. The summed E-state index contributed by atoms with van der Waals surface area (Å²) in [6.07, 6.45) is 6.36. The van der Waals surface area contributed by atoms with Crippen LogP contribution in [-0.4, -0.2) is 41.1 Å². The average Bonchev–Trinajstić information content (AvgIpc) is 3.09. The molecule has 0 spiro atoms. The second-order valence-corrected chi connectivity index (χ2v) is 8.72. The zero-order chi connectivity index (χ0) is 18.7. The lowest BCUT2D eigenvalue weighted by Gasteiger charge is -2.31. The van der Waals surface area contributed by atoms with Crippen molar-refractivity contribution in [1.82, 2.24) is 13.9 Å². The normalized spacial score (nSPS) is 16.7. The average molecular weight is 375 g/mol. The van der Waals surface area contributed by atoms with Gasteiger partial charge in [0.1, 0.15) is 5.82 Å². The van der Waals surface area contributed by atoms with Gasteiger partial charge in [0.15, 0.2) is 5.78 Å². The van der Waals surface area contributed by atoms with Crippen LogP contribution in [0.2, 0.25) is 0 Å². The van der Waals surface area contributed by atoms with E-state index in [9.17, 15) is 13.2 Å².